The van der Waals surface area contributed by atoms with Crippen LogP contribution in [0.4, 0.5) is 0 Å². The topological polar surface area (TPSA) is 83.9 Å². The molecule has 4 unspecified atom stereocenters. The number of carboxylic acids is 1. The molecule has 3 fully saturated rings. The molecule has 19 heavy (non-hydrogen) atoms. The molecule has 3 rings (SSSR count). The van der Waals surface area contributed by atoms with Crippen molar-refractivity contribution in [1.29, 1.82) is 0 Å². The number of carbonyl (C=O) groups excluding carboxylic acids is 2. The lowest BCUT2D eigenvalue weighted by Gasteiger charge is -2.33. The summed E-state index contributed by atoms with van der Waals surface area (Å²) in [5.74, 6) is -2.06. The number of hydrogen-bond acceptors (Lipinski definition) is 4. The van der Waals surface area contributed by atoms with Gasteiger partial charge in [-0.1, -0.05) is 13.8 Å². The highest BCUT2D eigenvalue weighted by Gasteiger charge is 2.74. The molecule has 2 amide bonds. The fourth-order valence-corrected chi connectivity index (χ4v) is 3.50. The van der Waals surface area contributed by atoms with Crippen LogP contribution in [-0.2, 0) is 19.1 Å². The molecule has 0 aromatic heterocycles. The first-order valence-corrected chi connectivity index (χ1v) is 6.41. The summed E-state index contributed by atoms with van der Waals surface area (Å²) in [5, 5.41) is 9.33. The number of ether oxygens (including phenoxy) is 1. The highest BCUT2D eigenvalue weighted by atomic mass is 16.5. The molecule has 0 aromatic carbocycles. The normalized spacial score (nSPS) is 43.5. The standard InChI is InChI=1S/C13H17NO5/c1-12(2)7-8(12)10(16)14(9(7)15)6-4-19-5-13(6,3)11(17)18/h6-8H,4-5H2,1-3H3,(H,17,18). The number of imide groups is 1. The molecule has 2 heterocycles. The number of hydrogen-bond donors (Lipinski definition) is 1. The summed E-state index contributed by atoms with van der Waals surface area (Å²) in [4.78, 5) is 37.2. The van der Waals surface area contributed by atoms with Gasteiger partial charge in [-0.25, -0.2) is 0 Å². The van der Waals surface area contributed by atoms with E-state index < -0.39 is 17.4 Å². The number of aliphatic carboxylic acids is 1. The Morgan fingerprint density at radius 3 is 2.26 bits per heavy atom. The zero-order valence-electron chi connectivity index (χ0n) is 11.2. The SMILES string of the molecule is CC1(C(=O)O)COCC1N1C(=O)C2C(C1=O)C2(C)C. The van der Waals surface area contributed by atoms with Crippen molar-refractivity contribution in [1.82, 2.24) is 4.90 Å². The average Bonchev–Trinajstić information content (AvgIpc) is 2.57. The predicted molar refractivity (Wildman–Crippen MR) is 63.0 cm³/mol. The smallest absolute Gasteiger partial charge is 0.313 e. The van der Waals surface area contributed by atoms with Crippen molar-refractivity contribution in [3.8, 4) is 0 Å². The first-order chi connectivity index (χ1) is 8.73. The Morgan fingerprint density at radius 2 is 1.79 bits per heavy atom. The first-order valence-electron chi connectivity index (χ1n) is 6.41. The largest absolute Gasteiger partial charge is 0.481 e. The van der Waals surface area contributed by atoms with Crippen molar-refractivity contribution in [3.63, 3.8) is 0 Å². The second-order valence-electron chi connectivity index (χ2n) is 6.58. The van der Waals surface area contributed by atoms with E-state index in [0.717, 1.165) is 4.90 Å². The summed E-state index contributed by atoms with van der Waals surface area (Å²) in [6.07, 6.45) is 0. The number of rotatable bonds is 2. The highest BCUT2D eigenvalue weighted by molar-refractivity contribution is 6.11. The van der Waals surface area contributed by atoms with Gasteiger partial charge in [0.15, 0.2) is 0 Å². The molecule has 104 valence electrons. The molecule has 1 saturated carbocycles. The summed E-state index contributed by atoms with van der Waals surface area (Å²) >= 11 is 0. The predicted octanol–water partition coefficient (Wildman–Crippen LogP) is 0.117. The van der Waals surface area contributed by atoms with Crippen LogP contribution >= 0.6 is 0 Å². The number of nitrogens with zero attached hydrogens (tertiary/aromatic N) is 1. The van der Waals surface area contributed by atoms with Crippen LogP contribution in [0.1, 0.15) is 20.8 Å². The van der Waals surface area contributed by atoms with E-state index in [0.29, 0.717) is 0 Å². The van der Waals surface area contributed by atoms with E-state index in [9.17, 15) is 19.5 Å². The van der Waals surface area contributed by atoms with E-state index in [1.165, 1.54) is 6.92 Å². The second kappa shape index (κ2) is 3.36. The Morgan fingerprint density at radius 1 is 1.26 bits per heavy atom. The van der Waals surface area contributed by atoms with Gasteiger partial charge in [0, 0.05) is 0 Å². The molecular formula is C13H17NO5. The third-order valence-corrected chi connectivity index (χ3v) is 5.05. The minimum atomic E-state index is -1.20. The van der Waals surface area contributed by atoms with E-state index in [2.05, 4.69) is 0 Å². The summed E-state index contributed by atoms with van der Waals surface area (Å²) in [6.45, 7) is 5.47. The molecule has 0 radical (unpaired) electrons. The van der Waals surface area contributed by atoms with Crippen molar-refractivity contribution >= 4 is 17.8 Å². The third-order valence-electron chi connectivity index (χ3n) is 5.05. The van der Waals surface area contributed by atoms with Crippen LogP contribution in [0.2, 0.25) is 0 Å². The zero-order valence-corrected chi connectivity index (χ0v) is 11.2. The Kier molecular flexibility index (Phi) is 2.23. The maximum atomic E-state index is 12.3. The van der Waals surface area contributed by atoms with Crippen LogP contribution in [0.15, 0.2) is 0 Å². The summed E-state index contributed by atoms with van der Waals surface area (Å²) in [5.41, 5.74) is -1.48. The average molecular weight is 267 g/mol. The Labute approximate surface area is 110 Å². The van der Waals surface area contributed by atoms with Crippen molar-refractivity contribution in [2.45, 2.75) is 26.8 Å². The highest BCUT2D eigenvalue weighted by Crippen LogP contribution is 2.64. The van der Waals surface area contributed by atoms with E-state index in [1.807, 2.05) is 13.8 Å². The fourth-order valence-electron chi connectivity index (χ4n) is 3.50. The fraction of sp³-hybridized carbons (Fsp3) is 0.769. The quantitative estimate of drug-likeness (QED) is 0.718. The number of amides is 2. The van der Waals surface area contributed by atoms with E-state index in [1.54, 1.807) is 0 Å². The molecule has 0 aromatic rings. The lowest BCUT2D eigenvalue weighted by molar-refractivity contribution is -0.155. The summed E-state index contributed by atoms with van der Waals surface area (Å²) in [6, 6.07) is -0.686. The van der Waals surface area contributed by atoms with Crippen LogP contribution in [0, 0.1) is 22.7 Å². The van der Waals surface area contributed by atoms with E-state index >= 15 is 0 Å². The first kappa shape index (κ1) is 12.6. The van der Waals surface area contributed by atoms with Crippen LogP contribution in [0.25, 0.3) is 0 Å². The van der Waals surface area contributed by atoms with Gasteiger partial charge in [0.1, 0.15) is 5.41 Å². The molecule has 2 saturated heterocycles. The summed E-state index contributed by atoms with van der Waals surface area (Å²) in [7, 11) is 0. The Balaban J connectivity index is 1.91. The molecule has 1 N–H and O–H groups in total. The Hall–Kier alpha value is -1.43. The lowest BCUT2D eigenvalue weighted by atomic mass is 9.84. The molecule has 4 atom stereocenters. The van der Waals surface area contributed by atoms with Gasteiger partial charge in [0.05, 0.1) is 31.1 Å². The molecule has 0 bridgehead atoms. The maximum absolute atomic E-state index is 12.3. The van der Waals surface area contributed by atoms with Gasteiger partial charge in [-0.15, -0.1) is 0 Å². The van der Waals surface area contributed by atoms with Gasteiger partial charge >= 0.3 is 5.97 Å². The molecule has 2 aliphatic heterocycles. The zero-order chi connectivity index (χ0) is 14.2. The lowest BCUT2D eigenvalue weighted by Crippen LogP contribution is -2.54. The van der Waals surface area contributed by atoms with Gasteiger partial charge in [-0.05, 0) is 12.3 Å². The number of likely N-dealkylation sites (tertiary alicyclic amines) is 1. The van der Waals surface area contributed by atoms with Gasteiger partial charge in [-0.2, -0.15) is 0 Å². The van der Waals surface area contributed by atoms with Crippen LogP contribution < -0.4 is 0 Å². The van der Waals surface area contributed by atoms with Crippen molar-refractivity contribution < 1.29 is 24.2 Å². The number of carbonyl (C=O) groups is 3. The minimum Gasteiger partial charge on any atom is -0.481 e. The van der Waals surface area contributed by atoms with Crippen LogP contribution in [0.5, 0.6) is 0 Å². The van der Waals surface area contributed by atoms with Gasteiger partial charge in [0.25, 0.3) is 0 Å². The van der Waals surface area contributed by atoms with Crippen LogP contribution in [0.3, 0.4) is 0 Å². The molecule has 3 aliphatic rings. The third kappa shape index (κ3) is 1.32. The van der Waals surface area contributed by atoms with Crippen molar-refractivity contribution in [3.05, 3.63) is 0 Å². The molecule has 1 aliphatic carbocycles. The number of carboxylic acid groups (broad SMARTS) is 1. The molecule has 6 heteroatoms. The van der Waals surface area contributed by atoms with Gasteiger partial charge in [0.2, 0.25) is 11.8 Å². The monoisotopic (exact) mass is 267 g/mol. The van der Waals surface area contributed by atoms with Gasteiger partial charge < -0.3 is 9.84 Å². The minimum absolute atomic E-state index is 0.0305. The summed E-state index contributed by atoms with van der Waals surface area (Å²) < 4.78 is 5.22. The van der Waals surface area contributed by atoms with E-state index in [-0.39, 0.29) is 42.3 Å². The van der Waals surface area contributed by atoms with Gasteiger partial charge in [-0.3, -0.25) is 19.3 Å². The van der Waals surface area contributed by atoms with E-state index in [4.69, 9.17) is 4.74 Å². The molecule has 0 spiro atoms. The van der Waals surface area contributed by atoms with Crippen LogP contribution in [-0.4, -0.2) is 47.0 Å². The van der Waals surface area contributed by atoms with Crippen molar-refractivity contribution in [2.24, 2.45) is 22.7 Å². The number of fused-ring (bicyclic) bond motifs is 1. The Bertz CT molecular complexity index is 475. The maximum Gasteiger partial charge on any atom is 0.313 e. The molecular weight excluding hydrogens is 250 g/mol. The van der Waals surface area contributed by atoms with Crippen molar-refractivity contribution in [2.75, 3.05) is 13.2 Å². The number of piperidine rings is 1. The molecule has 6 nitrogen and oxygen atoms in total. The second-order valence-corrected chi connectivity index (χ2v) is 6.58.